The molecule has 0 amide bonds. The van der Waals surface area contributed by atoms with E-state index in [1.54, 1.807) is 0 Å². The van der Waals surface area contributed by atoms with Crippen molar-refractivity contribution < 1.29 is 13.9 Å². The molecule has 1 aromatic heterocycles. The number of pyridine rings is 1. The topological polar surface area (TPSA) is 42.4 Å². The van der Waals surface area contributed by atoms with Gasteiger partial charge in [-0.05, 0) is 54.5 Å². The Kier molecular flexibility index (Phi) is 5.69. The van der Waals surface area contributed by atoms with Crippen molar-refractivity contribution >= 4 is 23.1 Å². The molecule has 0 fully saturated rings. The van der Waals surface area contributed by atoms with Crippen molar-refractivity contribution in [2.24, 2.45) is 5.92 Å². The summed E-state index contributed by atoms with van der Waals surface area (Å²) >= 11 is 6.31. The summed E-state index contributed by atoms with van der Waals surface area (Å²) in [6.45, 7) is 6.28. The van der Waals surface area contributed by atoms with E-state index in [2.05, 4.69) is 35.0 Å². The Morgan fingerprint density at radius 2 is 2.13 bits per heavy atom. The van der Waals surface area contributed by atoms with Crippen LogP contribution in [-0.4, -0.2) is 35.5 Å². The number of esters is 1. The van der Waals surface area contributed by atoms with Gasteiger partial charge in [-0.25, -0.2) is 9.37 Å². The van der Waals surface area contributed by atoms with Gasteiger partial charge < -0.3 is 4.74 Å². The lowest BCUT2D eigenvalue weighted by atomic mass is 9.83. The van der Waals surface area contributed by atoms with Crippen LogP contribution in [0.1, 0.15) is 48.6 Å². The molecule has 2 aliphatic rings. The molecule has 158 valence electrons. The zero-order valence-corrected chi connectivity index (χ0v) is 18.5. The molecule has 4 nitrogen and oxygen atoms in total. The van der Waals surface area contributed by atoms with Crippen LogP contribution in [0.3, 0.4) is 0 Å². The van der Waals surface area contributed by atoms with Crippen LogP contribution < -0.4 is 0 Å². The number of benzene rings is 1. The Hall–Kier alpha value is -2.24. The number of aromatic nitrogens is 1. The van der Waals surface area contributed by atoms with Crippen LogP contribution in [0, 0.1) is 18.7 Å². The van der Waals surface area contributed by atoms with E-state index in [1.165, 1.54) is 35.6 Å². The van der Waals surface area contributed by atoms with E-state index in [0.29, 0.717) is 22.8 Å². The Morgan fingerprint density at radius 3 is 2.87 bits per heavy atom. The van der Waals surface area contributed by atoms with E-state index in [-0.39, 0.29) is 29.8 Å². The minimum absolute atomic E-state index is 0.123. The SMILES string of the molecule is COC(=O)[C@H](C)CN1[C@H](C)CC2=C(Cc3ccccc32)[C@H]1c1c(F)cnc(Cl)c1C. The molecule has 0 unspecified atom stereocenters. The number of ether oxygens (including phenoxy) is 1. The van der Waals surface area contributed by atoms with E-state index >= 15 is 4.39 Å². The van der Waals surface area contributed by atoms with E-state index in [0.717, 1.165) is 12.8 Å². The minimum Gasteiger partial charge on any atom is -0.469 e. The molecule has 3 atom stereocenters. The van der Waals surface area contributed by atoms with Gasteiger partial charge in [-0.2, -0.15) is 0 Å². The van der Waals surface area contributed by atoms with Crippen LogP contribution >= 0.6 is 11.6 Å². The molecule has 4 rings (SSSR count). The molecule has 0 saturated carbocycles. The van der Waals surface area contributed by atoms with Gasteiger partial charge in [0.25, 0.3) is 0 Å². The van der Waals surface area contributed by atoms with Crippen LogP contribution in [0.15, 0.2) is 36.0 Å². The number of hydrogen-bond acceptors (Lipinski definition) is 4. The highest BCUT2D eigenvalue weighted by Crippen LogP contribution is 2.50. The maximum atomic E-state index is 15.2. The molecule has 0 radical (unpaired) electrons. The standard InChI is InChI=1S/C24H26ClFN2O2/c1-13(24(29)30-4)12-28-14(2)9-18-17-8-6-5-7-16(17)10-19(18)22(28)21-15(3)23(25)27-11-20(21)26/h5-8,11,13-14,22H,9-10,12H2,1-4H3/t13-,14-,22+/m1/s1. The number of carbonyl (C=O) groups excluding carboxylic acids is 1. The van der Waals surface area contributed by atoms with Gasteiger partial charge in [0, 0.05) is 18.2 Å². The number of nitrogens with zero attached hydrogens (tertiary/aromatic N) is 2. The zero-order chi connectivity index (χ0) is 21.6. The first-order valence-electron chi connectivity index (χ1n) is 10.3. The van der Waals surface area contributed by atoms with Crippen molar-refractivity contribution in [1.29, 1.82) is 0 Å². The van der Waals surface area contributed by atoms with Crippen LogP contribution in [0.5, 0.6) is 0 Å². The minimum atomic E-state index is -0.366. The van der Waals surface area contributed by atoms with Crippen molar-refractivity contribution in [1.82, 2.24) is 9.88 Å². The smallest absolute Gasteiger partial charge is 0.309 e. The van der Waals surface area contributed by atoms with Crippen molar-refractivity contribution in [3.63, 3.8) is 0 Å². The molecule has 2 heterocycles. The summed E-state index contributed by atoms with van der Waals surface area (Å²) in [6.07, 6.45) is 2.83. The predicted molar refractivity (Wildman–Crippen MR) is 116 cm³/mol. The predicted octanol–water partition coefficient (Wildman–Crippen LogP) is 5.14. The maximum absolute atomic E-state index is 15.2. The lowest BCUT2D eigenvalue weighted by Gasteiger charge is -2.43. The molecule has 0 saturated heterocycles. The van der Waals surface area contributed by atoms with E-state index in [4.69, 9.17) is 16.3 Å². The van der Waals surface area contributed by atoms with Gasteiger partial charge in [0.1, 0.15) is 11.0 Å². The Bertz CT molecular complexity index is 1040. The summed E-state index contributed by atoms with van der Waals surface area (Å²) in [7, 11) is 1.40. The van der Waals surface area contributed by atoms with Crippen molar-refractivity contribution in [2.45, 2.75) is 45.7 Å². The lowest BCUT2D eigenvalue weighted by molar-refractivity contribution is -0.145. The summed E-state index contributed by atoms with van der Waals surface area (Å²) in [5.41, 5.74) is 6.20. The van der Waals surface area contributed by atoms with Gasteiger partial charge >= 0.3 is 5.97 Å². The summed E-state index contributed by atoms with van der Waals surface area (Å²) in [4.78, 5) is 18.4. The fourth-order valence-electron chi connectivity index (χ4n) is 4.95. The molecular formula is C24H26ClFN2O2. The average molecular weight is 429 g/mol. The second kappa shape index (κ2) is 8.12. The maximum Gasteiger partial charge on any atom is 0.309 e. The van der Waals surface area contributed by atoms with Crippen LogP contribution in [0.25, 0.3) is 5.57 Å². The highest BCUT2D eigenvalue weighted by molar-refractivity contribution is 6.30. The molecule has 30 heavy (non-hydrogen) atoms. The van der Waals surface area contributed by atoms with E-state index < -0.39 is 0 Å². The van der Waals surface area contributed by atoms with Crippen molar-refractivity contribution in [3.8, 4) is 0 Å². The summed E-state index contributed by atoms with van der Waals surface area (Å²) in [5.74, 6) is -0.957. The largest absolute Gasteiger partial charge is 0.469 e. The van der Waals surface area contributed by atoms with Gasteiger partial charge in [-0.3, -0.25) is 9.69 Å². The number of hydrogen-bond donors (Lipinski definition) is 0. The molecule has 0 spiro atoms. The number of methoxy groups -OCH3 is 1. The highest BCUT2D eigenvalue weighted by atomic mass is 35.5. The monoisotopic (exact) mass is 428 g/mol. The normalized spacial score (nSPS) is 21.9. The number of fused-ring (bicyclic) bond motifs is 2. The number of rotatable bonds is 4. The molecule has 6 heteroatoms. The second-order valence-corrected chi connectivity index (χ2v) is 8.71. The highest BCUT2D eigenvalue weighted by Gasteiger charge is 2.41. The van der Waals surface area contributed by atoms with Crippen molar-refractivity contribution in [2.75, 3.05) is 13.7 Å². The number of halogens is 2. The third-order valence-electron chi connectivity index (χ3n) is 6.46. The van der Waals surface area contributed by atoms with E-state index in [1.807, 2.05) is 19.9 Å². The van der Waals surface area contributed by atoms with Crippen LogP contribution in [0.4, 0.5) is 4.39 Å². The van der Waals surface area contributed by atoms with Gasteiger partial charge in [0.05, 0.1) is 25.3 Å². The summed E-state index contributed by atoms with van der Waals surface area (Å²) in [5, 5.41) is 0.309. The third kappa shape index (κ3) is 3.44. The molecule has 1 aliphatic heterocycles. The Morgan fingerprint density at radius 1 is 1.40 bits per heavy atom. The Balaban J connectivity index is 1.87. The lowest BCUT2D eigenvalue weighted by Crippen LogP contribution is -2.45. The summed E-state index contributed by atoms with van der Waals surface area (Å²) < 4.78 is 20.2. The van der Waals surface area contributed by atoms with E-state index in [9.17, 15) is 4.79 Å². The van der Waals surface area contributed by atoms with Gasteiger partial charge in [0.2, 0.25) is 0 Å². The summed E-state index contributed by atoms with van der Waals surface area (Å²) in [6, 6.07) is 8.20. The fourth-order valence-corrected chi connectivity index (χ4v) is 5.10. The van der Waals surface area contributed by atoms with Crippen molar-refractivity contribution in [3.05, 3.63) is 69.3 Å². The Labute approximate surface area is 181 Å². The number of carbonyl (C=O) groups is 1. The molecule has 0 bridgehead atoms. The fraction of sp³-hybridized carbons (Fsp3) is 0.417. The molecular weight excluding hydrogens is 403 g/mol. The average Bonchev–Trinajstić information content (AvgIpc) is 3.10. The van der Waals surface area contributed by atoms with Gasteiger partial charge in [0.15, 0.2) is 0 Å². The first-order chi connectivity index (χ1) is 14.3. The molecule has 1 aliphatic carbocycles. The quantitative estimate of drug-likeness (QED) is 0.499. The molecule has 1 aromatic carbocycles. The zero-order valence-electron chi connectivity index (χ0n) is 17.7. The second-order valence-electron chi connectivity index (χ2n) is 8.35. The van der Waals surface area contributed by atoms with Crippen LogP contribution in [-0.2, 0) is 16.0 Å². The first-order valence-corrected chi connectivity index (χ1v) is 10.7. The van der Waals surface area contributed by atoms with Crippen LogP contribution in [0.2, 0.25) is 5.15 Å². The van der Waals surface area contributed by atoms with Gasteiger partial charge in [-0.15, -0.1) is 0 Å². The third-order valence-corrected chi connectivity index (χ3v) is 6.84. The molecule has 2 aromatic rings. The first kappa shape index (κ1) is 21.0. The van der Waals surface area contributed by atoms with Gasteiger partial charge in [-0.1, -0.05) is 42.8 Å². The molecule has 0 N–H and O–H groups in total.